The highest BCUT2D eigenvalue weighted by molar-refractivity contribution is 5.94. The Morgan fingerprint density at radius 2 is 1.85 bits per heavy atom. The molecule has 1 aromatic rings. The minimum absolute atomic E-state index is 0.00469. The number of nitrogens with one attached hydrogen (secondary N) is 2. The molecular formula is C14H22N3O3+. The number of hydrogen-bond donors (Lipinski definition) is 2. The van der Waals surface area contributed by atoms with Gasteiger partial charge in [0.1, 0.15) is 0 Å². The smallest absolute Gasteiger partial charge is 0.269 e. The number of quaternary nitrogens is 1. The van der Waals surface area contributed by atoms with Crippen LogP contribution in [0.1, 0.15) is 24.2 Å². The molecular weight excluding hydrogens is 258 g/mol. The molecule has 0 aromatic heterocycles. The molecule has 0 spiro atoms. The molecule has 1 rings (SSSR count). The standard InChI is InChI=1S/C14H21N3O3/c1-14(2,10-16(3)4)9-15-13(18)11-5-7-12(8-6-11)17(19)20/h5-8H,9-10H2,1-4H3,(H,15,18)/p+1. The average Bonchev–Trinajstić information content (AvgIpc) is 2.34. The predicted molar refractivity (Wildman–Crippen MR) is 76.9 cm³/mol. The van der Waals surface area contributed by atoms with E-state index in [0.717, 1.165) is 6.54 Å². The van der Waals surface area contributed by atoms with E-state index in [1.807, 2.05) is 0 Å². The van der Waals surface area contributed by atoms with E-state index in [1.165, 1.54) is 29.2 Å². The van der Waals surface area contributed by atoms with Crippen molar-refractivity contribution in [2.24, 2.45) is 5.41 Å². The van der Waals surface area contributed by atoms with Crippen molar-refractivity contribution in [3.63, 3.8) is 0 Å². The van der Waals surface area contributed by atoms with E-state index in [1.54, 1.807) is 0 Å². The lowest BCUT2D eigenvalue weighted by Gasteiger charge is -2.26. The van der Waals surface area contributed by atoms with Crippen LogP contribution in [0.4, 0.5) is 5.69 Å². The number of carbonyl (C=O) groups is 1. The third-order valence-corrected chi connectivity index (χ3v) is 2.90. The van der Waals surface area contributed by atoms with Crippen molar-refractivity contribution in [2.45, 2.75) is 13.8 Å². The van der Waals surface area contributed by atoms with Crippen molar-refractivity contribution in [1.29, 1.82) is 0 Å². The molecule has 0 bridgehead atoms. The quantitative estimate of drug-likeness (QED) is 0.588. The molecule has 0 atom stereocenters. The lowest BCUT2D eigenvalue weighted by atomic mass is 9.93. The van der Waals surface area contributed by atoms with E-state index in [9.17, 15) is 14.9 Å². The van der Waals surface area contributed by atoms with Crippen molar-refractivity contribution >= 4 is 11.6 Å². The van der Waals surface area contributed by atoms with Crippen LogP contribution >= 0.6 is 0 Å². The number of amides is 1. The minimum Gasteiger partial charge on any atom is -0.351 e. The van der Waals surface area contributed by atoms with Crippen LogP contribution in [0.25, 0.3) is 0 Å². The summed E-state index contributed by atoms with van der Waals surface area (Å²) in [6.07, 6.45) is 0. The van der Waals surface area contributed by atoms with Crippen LogP contribution in [0.15, 0.2) is 24.3 Å². The maximum absolute atomic E-state index is 12.0. The molecule has 0 heterocycles. The van der Waals surface area contributed by atoms with Crippen molar-refractivity contribution in [3.8, 4) is 0 Å². The zero-order chi connectivity index (χ0) is 15.3. The highest BCUT2D eigenvalue weighted by atomic mass is 16.6. The molecule has 1 aromatic carbocycles. The summed E-state index contributed by atoms with van der Waals surface area (Å²) in [6, 6.07) is 5.61. The second-order valence-electron chi connectivity index (χ2n) is 6.03. The SMILES string of the molecule is C[NH+](C)CC(C)(C)CNC(=O)c1ccc([N+](=O)[O-])cc1. The number of benzene rings is 1. The fourth-order valence-corrected chi connectivity index (χ4v) is 2.18. The van der Waals surface area contributed by atoms with Gasteiger partial charge in [0.15, 0.2) is 0 Å². The van der Waals surface area contributed by atoms with Crippen LogP contribution in [0.5, 0.6) is 0 Å². The van der Waals surface area contributed by atoms with Gasteiger partial charge in [-0.3, -0.25) is 14.9 Å². The van der Waals surface area contributed by atoms with E-state index in [2.05, 4.69) is 33.3 Å². The van der Waals surface area contributed by atoms with Gasteiger partial charge in [0.05, 0.1) is 25.6 Å². The number of nitro groups is 1. The topological polar surface area (TPSA) is 76.7 Å². The van der Waals surface area contributed by atoms with Crippen molar-refractivity contribution in [3.05, 3.63) is 39.9 Å². The van der Waals surface area contributed by atoms with E-state index < -0.39 is 4.92 Å². The maximum atomic E-state index is 12.0. The molecule has 20 heavy (non-hydrogen) atoms. The molecule has 6 heteroatoms. The van der Waals surface area contributed by atoms with Gasteiger partial charge in [-0.2, -0.15) is 0 Å². The number of nitro benzene ring substituents is 1. The largest absolute Gasteiger partial charge is 0.351 e. The Balaban J connectivity index is 2.61. The van der Waals surface area contributed by atoms with Gasteiger partial charge in [-0.15, -0.1) is 0 Å². The van der Waals surface area contributed by atoms with Crippen LogP contribution in [0, 0.1) is 15.5 Å². The van der Waals surface area contributed by atoms with Crippen LogP contribution in [0.2, 0.25) is 0 Å². The van der Waals surface area contributed by atoms with Gasteiger partial charge < -0.3 is 10.2 Å². The Morgan fingerprint density at radius 1 is 1.30 bits per heavy atom. The first-order valence-corrected chi connectivity index (χ1v) is 6.53. The Labute approximate surface area is 118 Å². The summed E-state index contributed by atoms with van der Waals surface area (Å²) in [7, 11) is 4.14. The first-order valence-electron chi connectivity index (χ1n) is 6.53. The van der Waals surface area contributed by atoms with E-state index >= 15 is 0 Å². The lowest BCUT2D eigenvalue weighted by molar-refractivity contribution is -0.865. The highest BCUT2D eigenvalue weighted by Gasteiger charge is 2.22. The summed E-state index contributed by atoms with van der Waals surface area (Å²) in [5.41, 5.74) is 0.414. The van der Waals surface area contributed by atoms with Crippen LogP contribution in [0.3, 0.4) is 0 Å². The highest BCUT2D eigenvalue weighted by Crippen LogP contribution is 2.13. The molecule has 110 valence electrons. The van der Waals surface area contributed by atoms with Gasteiger partial charge in [-0.1, -0.05) is 13.8 Å². The third kappa shape index (κ3) is 4.97. The summed E-state index contributed by atoms with van der Waals surface area (Å²) >= 11 is 0. The molecule has 0 aliphatic heterocycles. The summed E-state index contributed by atoms with van der Waals surface area (Å²) in [5.74, 6) is -0.207. The fourth-order valence-electron chi connectivity index (χ4n) is 2.18. The molecule has 0 radical (unpaired) electrons. The molecule has 0 saturated heterocycles. The summed E-state index contributed by atoms with van der Waals surface area (Å²) in [6.45, 7) is 5.69. The van der Waals surface area contributed by atoms with Gasteiger partial charge in [0, 0.05) is 29.7 Å². The van der Waals surface area contributed by atoms with Crippen molar-refractivity contribution in [1.82, 2.24) is 5.32 Å². The van der Waals surface area contributed by atoms with E-state index in [4.69, 9.17) is 0 Å². The Hall–Kier alpha value is -1.95. The molecule has 0 saturated carbocycles. The zero-order valence-electron chi connectivity index (χ0n) is 12.4. The first kappa shape index (κ1) is 16.1. The van der Waals surface area contributed by atoms with Gasteiger partial charge in [0.25, 0.3) is 11.6 Å². The predicted octanol–water partition coefficient (Wildman–Crippen LogP) is 0.495. The molecule has 0 fully saturated rings. The van der Waals surface area contributed by atoms with Gasteiger partial charge in [-0.05, 0) is 12.1 Å². The number of nitrogens with zero attached hydrogens (tertiary/aromatic N) is 1. The van der Waals surface area contributed by atoms with Gasteiger partial charge in [-0.25, -0.2) is 0 Å². The van der Waals surface area contributed by atoms with Gasteiger partial charge in [0.2, 0.25) is 0 Å². The fraction of sp³-hybridized carbons (Fsp3) is 0.500. The Kier molecular flexibility index (Phi) is 5.21. The number of non-ortho nitro benzene ring substituents is 1. The number of hydrogen-bond acceptors (Lipinski definition) is 3. The molecule has 6 nitrogen and oxygen atoms in total. The lowest BCUT2D eigenvalue weighted by Crippen LogP contribution is -3.07. The Morgan fingerprint density at radius 3 is 2.30 bits per heavy atom. The van der Waals surface area contributed by atoms with Crippen molar-refractivity contribution < 1.29 is 14.6 Å². The maximum Gasteiger partial charge on any atom is 0.269 e. The Bertz CT molecular complexity index is 481. The third-order valence-electron chi connectivity index (χ3n) is 2.90. The molecule has 2 N–H and O–H groups in total. The second-order valence-corrected chi connectivity index (χ2v) is 6.03. The second kappa shape index (κ2) is 6.47. The van der Waals surface area contributed by atoms with Crippen molar-refractivity contribution in [2.75, 3.05) is 27.2 Å². The monoisotopic (exact) mass is 280 g/mol. The number of rotatable bonds is 6. The summed E-state index contributed by atoms with van der Waals surface area (Å²) < 4.78 is 0. The summed E-state index contributed by atoms with van der Waals surface area (Å²) in [5, 5.41) is 13.4. The summed E-state index contributed by atoms with van der Waals surface area (Å²) in [4.78, 5) is 23.4. The molecule has 0 aliphatic rings. The first-order chi connectivity index (χ1) is 9.21. The minimum atomic E-state index is -0.481. The van der Waals surface area contributed by atoms with Crippen LogP contribution in [-0.4, -0.2) is 38.0 Å². The normalized spacial score (nSPS) is 11.4. The van der Waals surface area contributed by atoms with Gasteiger partial charge >= 0.3 is 0 Å². The van der Waals surface area contributed by atoms with Crippen LogP contribution < -0.4 is 10.2 Å². The van der Waals surface area contributed by atoms with E-state index in [-0.39, 0.29) is 17.0 Å². The molecule has 0 unspecified atom stereocenters. The molecule has 1 amide bonds. The molecule has 0 aliphatic carbocycles. The zero-order valence-corrected chi connectivity index (χ0v) is 12.4. The number of carbonyl (C=O) groups excluding carboxylic acids is 1. The average molecular weight is 280 g/mol. The van der Waals surface area contributed by atoms with E-state index in [0.29, 0.717) is 12.1 Å². The van der Waals surface area contributed by atoms with Crippen LogP contribution in [-0.2, 0) is 0 Å².